The van der Waals surface area contributed by atoms with Gasteiger partial charge in [-0.3, -0.25) is 4.79 Å². The Kier molecular flexibility index (Phi) is 2.66. The predicted molar refractivity (Wildman–Crippen MR) is 63.5 cm³/mol. The molecule has 18 heavy (non-hydrogen) atoms. The lowest BCUT2D eigenvalue weighted by Gasteiger charge is -2.36. The first kappa shape index (κ1) is 11.4. The molecule has 1 N–H and O–H groups in total. The minimum absolute atomic E-state index is 0.0477. The lowest BCUT2D eigenvalue weighted by atomic mass is 10.1. The molecule has 3 heterocycles. The van der Waals surface area contributed by atoms with Gasteiger partial charge in [0.1, 0.15) is 0 Å². The van der Waals surface area contributed by atoms with E-state index in [1.807, 2.05) is 0 Å². The molecule has 3 rings (SSSR count). The summed E-state index contributed by atoms with van der Waals surface area (Å²) in [4.78, 5) is 27.1. The van der Waals surface area contributed by atoms with Crippen LogP contribution in [0.2, 0.25) is 5.22 Å². The minimum Gasteiger partial charge on any atom is -0.452 e. The fourth-order valence-electron chi connectivity index (χ4n) is 2.41. The van der Waals surface area contributed by atoms with Crippen molar-refractivity contribution in [3.63, 3.8) is 0 Å². The van der Waals surface area contributed by atoms with E-state index in [1.54, 1.807) is 15.9 Å². The second kappa shape index (κ2) is 4.20. The molecule has 2 fully saturated rings. The Balaban J connectivity index is 1.74. The average Bonchev–Trinajstić information content (AvgIpc) is 2.95. The van der Waals surface area contributed by atoms with E-state index in [2.05, 4.69) is 5.32 Å². The van der Waals surface area contributed by atoms with Crippen LogP contribution < -0.4 is 5.32 Å². The smallest absolute Gasteiger partial charge is 0.317 e. The van der Waals surface area contributed by atoms with Crippen molar-refractivity contribution in [3.8, 4) is 0 Å². The number of hydrogen-bond donors (Lipinski definition) is 1. The normalized spacial score (nSPS) is 22.9. The molecule has 2 saturated heterocycles. The molecule has 0 spiro atoms. The number of hydrogen-bond acceptors (Lipinski definition) is 3. The summed E-state index contributed by atoms with van der Waals surface area (Å²) in [6.45, 7) is 2.18. The third kappa shape index (κ3) is 1.73. The van der Waals surface area contributed by atoms with Crippen molar-refractivity contribution < 1.29 is 14.0 Å². The van der Waals surface area contributed by atoms with Crippen molar-refractivity contribution in [2.45, 2.75) is 6.04 Å². The summed E-state index contributed by atoms with van der Waals surface area (Å²) < 4.78 is 4.92. The summed E-state index contributed by atoms with van der Waals surface area (Å²) in [5, 5.41) is 2.89. The van der Waals surface area contributed by atoms with E-state index in [0.29, 0.717) is 31.7 Å². The molecule has 0 radical (unpaired) electrons. The fraction of sp³-hybridized carbons (Fsp3) is 0.455. The van der Waals surface area contributed by atoms with Gasteiger partial charge in [-0.2, -0.15) is 0 Å². The molecule has 1 aromatic heterocycles. The number of urea groups is 1. The van der Waals surface area contributed by atoms with Crippen LogP contribution in [0.5, 0.6) is 0 Å². The topological polar surface area (TPSA) is 65.8 Å². The van der Waals surface area contributed by atoms with Crippen LogP contribution in [-0.2, 0) is 0 Å². The molecule has 0 bridgehead atoms. The van der Waals surface area contributed by atoms with E-state index in [4.69, 9.17) is 16.0 Å². The number of fused-ring (bicyclic) bond motifs is 1. The lowest BCUT2D eigenvalue weighted by molar-refractivity contribution is 0.0616. The van der Waals surface area contributed by atoms with E-state index >= 15 is 0 Å². The Morgan fingerprint density at radius 2 is 2.33 bits per heavy atom. The van der Waals surface area contributed by atoms with Gasteiger partial charge in [-0.1, -0.05) is 0 Å². The summed E-state index contributed by atoms with van der Waals surface area (Å²) in [7, 11) is 0. The average molecular weight is 270 g/mol. The van der Waals surface area contributed by atoms with Gasteiger partial charge in [-0.05, 0) is 17.7 Å². The maximum Gasteiger partial charge on any atom is 0.317 e. The van der Waals surface area contributed by atoms with Crippen LogP contribution in [0.15, 0.2) is 16.7 Å². The van der Waals surface area contributed by atoms with Crippen LogP contribution in [0.4, 0.5) is 4.79 Å². The molecule has 0 aliphatic carbocycles. The Hall–Kier alpha value is -1.69. The van der Waals surface area contributed by atoms with Crippen LogP contribution in [0.25, 0.3) is 0 Å². The number of rotatable bonds is 1. The number of carbonyl (C=O) groups is 2. The summed E-state index contributed by atoms with van der Waals surface area (Å²) in [5.41, 5.74) is 0.377. The van der Waals surface area contributed by atoms with Gasteiger partial charge in [-0.25, -0.2) is 4.79 Å². The zero-order chi connectivity index (χ0) is 12.7. The van der Waals surface area contributed by atoms with Crippen molar-refractivity contribution in [3.05, 3.63) is 23.1 Å². The SMILES string of the molecule is O=C(c1ccoc1Cl)N1CCN2C(=O)NCC2C1. The second-order valence-electron chi connectivity index (χ2n) is 4.39. The van der Waals surface area contributed by atoms with Gasteiger partial charge >= 0.3 is 6.03 Å². The molecule has 1 atom stereocenters. The molecular formula is C11H12ClN3O3. The van der Waals surface area contributed by atoms with E-state index in [0.717, 1.165) is 0 Å². The molecule has 2 aliphatic heterocycles. The molecule has 96 valence electrons. The third-order valence-electron chi connectivity index (χ3n) is 3.37. The first-order chi connectivity index (χ1) is 8.66. The van der Waals surface area contributed by atoms with Crippen LogP contribution in [0.3, 0.4) is 0 Å². The number of nitrogens with zero attached hydrogens (tertiary/aromatic N) is 2. The van der Waals surface area contributed by atoms with Crippen molar-refractivity contribution >= 4 is 23.5 Å². The van der Waals surface area contributed by atoms with Crippen LogP contribution in [0, 0.1) is 0 Å². The first-order valence-electron chi connectivity index (χ1n) is 5.73. The van der Waals surface area contributed by atoms with E-state index in [9.17, 15) is 9.59 Å². The zero-order valence-electron chi connectivity index (χ0n) is 9.56. The monoisotopic (exact) mass is 269 g/mol. The standard InChI is InChI=1S/C11H12ClN3O3/c12-9-8(1-4-18-9)10(16)14-2-3-15-7(6-14)5-13-11(15)17/h1,4,7H,2-3,5-6H2,(H,13,17). The van der Waals surface area contributed by atoms with Gasteiger partial charge in [0, 0.05) is 26.2 Å². The molecule has 1 aromatic rings. The highest BCUT2D eigenvalue weighted by Crippen LogP contribution is 2.21. The van der Waals surface area contributed by atoms with Crippen molar-refractivity contribution in [1.29, 1.82) is 0 Å². The first-order valence-corrected chi connectivity index (χ1v) is 6.11. The highest BCUT2D eigenvalue weighted by molar-refractivity contribution is 6.32. The fourth-order valence-corrected chi connectivity index (χ4v) is 2.60. The predicted octanol–water partition coefficient (Wildman–Crippen LogP) is 0.783. The third-order valence-corrected chi connectivity index (χ3v) is 3.66. The van der Waals surface area contributed by atoms with Gasteiger partial charge in [0.15, 0.2) is 0 Å². The van der Waals surface area contributed by atoms with Crippen LogP contribution >= 0.6 is 11.6 Å². The highest BCUT2D eigenvalue weighted by atomic mass is 35.5. The highest BCUT2D eigenvalue weighted by Gasteiger charge is 2.37. The van der Waals surface area contributed by atoms with Gasteiger partial charge in [0.25, 0.3) is 5.91 Å². The van der Waals surface area contributed by atoms with Crippen LogP contribution in [-0.4, -0.2) is 54.0 Å². The zero-order valence-corrected chi connectivity index (χ0v) is 10.3. The summed E-state index contributed by atoms with van der Waals surface area (Å²) in [6, 6.07) is 1.57. The number of carbonyl (C=O) groups excluding carboxylic acids is 2. The van der Waals surface area contributed by atoms with Crippen LogP contribution in [0.1, 0.15) is 10.4 Å². The molecule has 2 aliphatic rings. The molecule has 3 amide bonds. The van der Waals surface area contributed by atoms with Crippen molar-refractivity contribution in [2.24, 2.45) is 0 Å². The van der Waals surface area contributed by atoms with E-state index in [1.165, 1.54) is 6.26 Å². The Labute approximate surface area is 108 Å². The maximum absolute atomic E-state index is 12.2. The summed E-state index contributed by atoms with van der Waals surface area (Å²) >= 11 is 5.80. The Morgan fingerprint density at radius 1 is 1.50 bits per heavy atom. The Bertz CT molecular complexity index is 501. The Morgan fingerprint density at radius 3 is 3.06 bits per heavy atom. The van der Waals surface area contributed by atoms with E-state index in [-0.39, 0.29) is 23.2 Å². The number of halogens is 1. The lowest BCUT2D eigenvalue weighted by Crippen LogP contribution is -2.53. The largest absolute Gasteiger partial charge is 0.452 e. The number of furan rings is 1. The molecule has 0 aromatic carbocycles. The van der Waals surface area contributed by atoms with Gasteiger partial charge < -0.3 is 19.5 Å². The minimum atomic E-state index is -0.146. The van der Waals surface area contributed by atoms with Gasteiger partial charge in [0.2, 0.25) is 5.22 Å². The summed E-state index contributed by atoms with van der Waals surface area (Å²) in [6.07, 6.45) is 1.40. The van der Waals surface area contributed by atoms with E-state index < -0.39 is 0 Å². The molecule has 1 unspecified atom stereocenters. The summed E-state index contributed by atoms with van der Waals surface area (Å²) in [5.74, 6) is -0.146. The van der Waals surface area contributed by atoms with Crippen molar-refractivity contribution in [2.75, 3.05) is 26.2 Å². The van der Waals surface area contributed by atoms with Gasteiger partial charge in [0.05, 0.1) is 17.9 Å². The maximum atomic E-state index is 12.2. The molecule has 0 saturated carbocycles. The molecular weight excluding hydrogens is 258 g/mol. The molecule has 6 nitrogen and oxygen atoms in total. The number of amides is 3. The second-order valence-corrected chi connectivity index (χ2v) is 4.74. The van der Waals surface area contributed by atoms with Crippen molar-refractivity contribution in [1.82, 2.24) is 15.1 Å². The molecule has 7 heteroatoms. The quantitative estimate of drug-likeness (QED) is 0.819. The number of piperazine rings is 1. The van der Waals surface area contributed by atoms with Gasteiger partial charge in [-0.15, -0.1) is 0 Å². The number of nitrogens with one attached hydrogen (secondary N) is 1.